The van der Waals surface area contributed by atoms with E-state index >= 15 is 0 Å². The van der Waals surface area contributed by atoms with Crippen LogP contribution in [-0.4, -0.2) is 16.5 Å². The van der Waals surface area contributed by atoms with Crippen molar-refractivity contribution in [3.63, 3.8) is 0 Å². The number of aromatic amines is 1. The summed E-state index contributed by atoms with van der Waals surface area (Å²) < 4.78 is 17.6. The minimum atomic E-state index is -4.15. The first-order valence-electron chi connectivity index (χ1n) is 9.63. The maximum Gasteiger partial charge on any atom is 0.364 e. The van der Waals surface area contributed by atoms with Gasteiger partial charge in [0.05, 0.1) is 6.61 Å². The highest BCUT2D eigenvalue weighted by Gasteiger charge is 2.26. The van der Waals surface area contributed by atoms with E-state index in [9.17, 15) is 14.3 Å². The monoisotopic (exact) mass is 407 g/mol. The summed E-state index contributed by atoms with van der Waals surface area (Å²) in [5, 5.41) is 4.04. The summed E-state index contributed by atoms with van der Waals surface area (Å²) in [6.07, 6.45) is 1.49. The third kappa shape index (κ3) is 3.77. The molecule has 0 aliphatic heterocycles. The Bertz CT molecular complexity index is 1300. The second kappa shape index (κ2) is 7.96. The Morgan fingerprint density at radius 1 is 0.966 bits per heavy atom. The van der Waals surface area contributed by atoms with Crippen LogP contribution in [0.3, 0.4) is 0 Å². The van der Waals surface area contributed by atoms with Crippen LogP contribution < -0.4 is 10.9 Å². The van der Waals surface area contributed by atoms with Crippen molar-refractivity contribution in [1.82, 2.24) is 4.98 Å². The normalized spacial score (nSPS) is 13.6. The SMILES string of the molecule is CCCCOP(=O)(O)c1ccc(-c2cc3ccccc3c3ccccc23)[nH]c1=O. The first-order valence-corrected chi connectivity index (χ1v) is 11.2. The van der Waals surface area contributed by atoms with E-state index in [1.807, 2.05) is 49.4 Å². The van der Waals surface area contributed by atoms with Gasteiger partial charge in [0.1, 0.15) is 5.30 Å². The predicted molar refractivity (Wildman–Crippen MR) is 118 cm³/mol. The second-order valence-electron chi connectivity index (χ2n) is 6.98. The molecule has 0 bridgehead atoms. The average molecular weight is 407 g/mol. The van der Waals surface area contributed by atoms with Crippen molar-refractivity contribution in [2.45, 2.75) is 19.8 Å². The molecule has 0 spiro atoms. The molecule has 0 aliphatic rings. The lowest BCUT2D eigenvalue weighted by atomic mass is 9.95. The summed E-state index contributed by atoms with van der Waals surface area (Å²) in [6, 6.07) is 21.2. The average Bonchev–Trinajstić information content (AvgIpc) is 2.73. The molecule has 148 valence electrons. The number of aromatic nitrogens is 1. The van der Waals surface area contributed by atoms with Crippen LogP contribution in [0.4, 0.5) is 0 Å². The highest BCUT2D eigenvalue weighted by molar-refractivity contribution is 7.61. The molecular formula is C23H22NO4P. The van der Waals surface area contributed by atoms with Crippen LogP contribution in [0.25, 0.3) is 32.8 Å². The number of pyridine rings is 1. The van der Waals surface area contributed by atoms with E-state index < -0.39 is 13.2 Å². The van der Waals surface area contributed by atoms with Crippen molar-refractivity contribution >= 4 is 34.4 Å². The maximum atomic E-state index is 12.6. The minimum absolute atomic E-state index is 0.140. The van der Waals surface area contributed by atoms with Gasteiger partial charge in [-0.1, -0.05) is 61.9 Å². The summed E-state index contributed by atoms with van der Waals surface area (Å²) >= 11 is 0. The largest absolute Gasteiger partial charge is 0.364 e. The molecule has 0 fully saturated rings. The minimum Gasteiger partial charge on any atom is -0.321 e. The van der Waals surface area contributed by atoms with Crippen LogP contribution >= 0.6 is 7.60 Å². The summed E-state index contributed by atoms with van der Waals surface area (Å²) in [7, 11) is -4.15. The molecule has 0 amide bonds. The van der Waals surface area contributed by atoms with Crippen molar-refractivity contribution < 1.29 is 14.0 Å². The zero-order valence-corrected chi connectivity index (χ0v) is 17.0. The lowest BCUT2D eigenvalue weighted by Gasteiger charge is -2.13. The van der Waals surface area contributed by atoms with Gasteiger partial charge in [0.25, 0.3) is 5.56 Å². The third-order valence-corrected chi connectivity index (χ3v) is 6.51. The van der Waals surface area contributed by atoms with E-state index in [0.29, 0.717) is 12.1 Å². The highest BCUT2D eigenvalue weighted by Crippen LogP contribution is 2.40. The fourth-order valence-corrected chi connectivity index (χ4v) is 4.62. The Morgan fingerprint density at radius 2 is 1.66 bits per heavy atom. The Hall–Kier alpha value is -2.72. The summed E-state index contributed by atoms with van der Waals surface area (Å²) in [4.78, 5) is 25.6. The van der Waals surface area contributed by atoms with Gasteiger partial charge in [0.15, 0.2) is 0 Å². The number of hydrogen-bond acceptors (Lipinski definition) is 3. The maximum absolute atomic E-state index is 12.6. The van der Waals surface area contributed by atoms with Crippen LogP contribution in [0, 0.1) is 0 Å². The topological polar surface area (TPSA) is 79.4 Å². The number of hydrogen-bond donors (Lipinski definition) is 2. The zero-order valence-electron chi connectivity index (χ0n) is 16.1. The van der Waals surface area contributed by atoms with Crippen molar-refractivity contribution in [3.05, 3.63) is 77.1 Å². The van der Waals surface area contributed by atoms with Crippen LogP contribution in [0.5, 0.6) is 0 Å². The van der Waals surface area contributed by atoms with Gasteiger partial charge in [-0.3, -0.25) is 9.36 Å². The number of rotatable bonds is 6. The first-order chi connectivity index (χ1) is 14.0. The molecular weight excluding hydrogens is 385 g/mol. The number of unbranched alkanes of at least 4 members (excludes halogenated alkanes) is 1. The number of benzene rings is 3. The molecule has 6 heteroatoms. The lowest BCUT2D eigenvalue weighted by Crippen LogP contribution is -2.28. The van der Waals surface area contributed by atoms with Gasteiger partial charge in [-0.15, -0.1) is 0 Å². The molecule has 1 heterocycles. The molecule has 1 unspecified atom stereocenters. The molecule has 1 atom stereocenters. The second-order valence-corrected chi connectivity index (χ2v) is 8.77. The fraction of sp³-hybridized carbons (Fsp3) is 0.174. The van der Waals surface area contributed by atoms with Gasteiger partial charge in [-0.2, -0.15) is 0 Å². The van der Waals surface area contributed by atoms with Crippen LogP contribution in [-0.2, 0) is 9.09 Å². The number of H-pyrrole nitrogens is 1. The molecule has 1 aromatic heterocycles. The lowest BCUT2D eigenvalue weighted by molar-refractivity contribution is 0.264. The molecule has 0 aliphatic carbocycles. The van der Waals surface area contributed by atoms with Gasteiger partial charge < -0.3 is 14.4 Å². The molecule has 0 radical (unpaired) electrons. The quantitative estimate of drug-likeness (QED) is 0.269. The third-order valence-electron chi connectivity index (χ3n) is 5.02. The molecule has 2 N–H and O–H groups in total. The molecule has 3 aromatic carbocycles. The van der Waals surface area contributed by atoms with E-state index in [1.165, 1.54) is 6.07 Å². The molecule has 4 rings (SSSR count). The number of fused-ring (bicyclic) bond motifs is 3. The van der Waals surface area contributed by atoms with Gasteiger partial charge in [0.2, 0.25) is 0 Å². The van der Waals surface area contributed by atoms with Crippen molar-refractivity contribution in [2.24, 2.45) is 0 Å². The standard InChI is InChI=1S/C23H22NO4P/c1-2-3-14-28-29(26,27)22-13-12-21(24-23(22)25)20-15-16-8-4-5-9-17(16)18-10-6-7-11-19(18)20/h4-13,15H,2-3,14H2,1H3,(H,24,25)(H,26,27). The fourth-order valence-electron chi connectivity index (χ4n) is 3.52. The van der Waals surface area contributed by atoms with Gasteiger partial charge in [-0.25, -0.2) is 0 Å². The van der Waals surface area contributed by atoms with E-state index in [1.54, 1.807) is 6.07 Å². The Morgan fingerprint density at radius 3 is 2.38 bits per heavy atom. The van der Waals surface area contributed by atoms with Crippen molar-refractivity contribution in [2.75, 3.05) is 6.61 Å². The van der Waals surface area contributed by atoms with E-state index in [4.69, 9.17) is 4.52 Å². The summed E-state index contributed by atoms with van der Waals surface area (Å²) in [5.41, 5.74) is 0.846. The molecule has 0 saturated heterocycles. The van der Waals surface area contributed by atoms with Crippen molar-refractivity contribution in [1.29, 1.82) is 0 Å². The Kier molecular flexibility index (Phi) is 5.37. The van der Waals surface area contributed by atoms with E-state index in [0.717, 1.165) is 33.5 Å². The summed E-state index contributed by atoms with van der Waals surface area (Å²) in [6.45, 7) is 2.10. The first kappa shape index (κ1) is 19.6. The summed E-state index contributed by atoms with van der Waals surface area (Å²) in [5.74, 6) is 0. The van der Waals surface area contributed by atoms with Gasteiger partial charge in [0, 0.05) is 11.3 Å². The van der Waals surface area contributed by atoms with Gasteiger partial charge >= 0.3 is 7.60 Å². The molecule has 0 saturated carbocycles. The molecule has 5 nitrogen and oxygen atoms in total. The van der Waals surface area contributed by atoms with Gasteiger partial charge in [-0.05, 0) is 46.2 Å². The smallest absolute Gasteiger partial charge is 0.321 e. The van der Waals surface area contributed by atoms with Crippen molar-refractivity contribution in [3.8, 4) is 11.3 Å². The van der Waals surface area contributed by atoms with E-state index in [-0.39, 0.29) is 11.9 Å². The van der Waals surface area contributed by atoms with Crippen LogP contribution in [0.2, 0.25) is 0 Å². The van der Waals surface area contributed by atoms with E-state index in [2.05, 4.69) is 17.1 Å². The molecule has 4 aromatic rings. The number of nitrogens with one attached hydrogen (secondary N) is 1. The Balaban J connectivity index is 1.83. The predicted octanol–water partition coefficient (Wildman–Crippen LogP) is 4.98. The van der Waals surface area contributed by atoms with Crippen LogP contribution in [0.1, 0.15) is 19.8 Å². The molecule has 29 heavy (non-hydrogen) atoms. The Labute approximate surface area is 168 Å². The highest BCUT2D eigenvalue weighted by atomic mass is 31.2. The zero-order chi connectivity index (χ0) is 20.4. The van der Waals surface area contributed by atoms with Crippen LogP contribution in [0.15, 0.2) is 71.5 Å².